The molecule has 0 bridgehead atoms. The van der Waals surface area contributed by atoms with E-state index in [0.717, 1.165) is 5.69 Å². The average molecular weight is 271 g/mol. The molecule has 6 heteroatoms. The molecule has 0 spiro atoms. The number of nitrogens with one attached hydrogen (secondary N) is 1. The number of aliphatic imine (C=N–C) groups is 1. The van der Waals surface area contributed by atoms with E-state index < -0.39 is 0 Å². The van der Waals surface area contributed by atoms with Crippen molar-refractivity contribution in [2.24, 2.45) is 4.99 Å². The summed E-state index contributed by atoms with van der Waals surface area (Å²) in [5.41, 5.74) is 0.767. The van der Waals surface area contributed by atoms with E-state index in [1.807, 2.05) is 0 Å². The molecule has 0 aliphatic carbocycles. The SMILES string of the molecule is Oc1[nH]c(=S)sc1C=Nc1ccc(Cl)cc1. The van der Waals surface area contributed by atoms with Gasteiger partial charge in [-0.05, 0) is 36.5 Å². The molecule has 82 valence electrons. The molecule has 16 heavy (non-hydrogen) atoms. The fourth-order valence-electron chi connectivity index (χ4n) is 1.08. The van der Waals surface area contributed by atoms with Crippen LogP contribution in [-0.4, -0.2) is 16.3 Å². The number of aromatic amines is 1. The van der Waals surface area contributed by atoms with Gasteiger partial charge >= 0.3 is 0 Å². The molecule has 0 aliphatic rings. The second kappa shape index (κ2) is 4.78. The van der Waals surface area contributed by atoms with Crippen molar-refractivity contribution in [3.8, 4) is 5.88 Å². The van der Waals surface area contributed by atoms with Crippen molar-refractivity contribution in [2.45, 2.75) is 0 Å². The fourth-order valence-corrected chi connectivity index (χ4v) is 2.17. The van der Waals surface area contributed by atoms with Gasteiger partial charge in [-0.2, -0.15) is 0 Å². The van der Waals surface area contributed by atoms with Crippen LogP contribution in [0.4, 0.5) is 5.69 Å². The van der Waals surface area contributed by atoms with Gasteiger partial charge in [0.1, 0.15) is 4.88 Å². The number of aromatic nitrogens is 1. The summed E-state index contributed by atoms with van der Waals surface area (Å²) in [5, 5.41) is 10.1. The third-order valence-electron chi connectivity index (χ3n) is 1.81. The highest BCUT2D eigenvalue weighted by Crippen LogP contribution is 2.21. The predicted molar refractivity (Wildman–Crippen MR) is 69.9 cm³/mol. The molecule has 0 radical (unpaired) electrons. The van der Waals surface area contributed by atoms with Gasteiger partial charge in [-0.25, -0.2) is 0 Å². The van der Waals surface area contributed by atoms with Gasteiger partial charge in [0.05, 0.1) is 11.9 Å². The first-order valence-corrected chi connectivity index (χ1v) is 5.97. The third kappa shape index (κ3) is 2.69. The summed E-state index contributed by atoms with van der Waals surface area (Å²) in [5.74, 6) is 0.0488. The van der Waals surface area contributed by atoms with Crippen LogP contribution in [0.5, 0.6) is 5.88 Å². The predicted octanol–water partition coefficient (Wildman–Crippen LogP) is 3.92. The summed E-state index contributed by atoms with van der Waals surface area (Å²) in [6, 6.07) is 7.10. The highest BCUT2D eigenvalue weighted by molar-refractivity contribution is 7.73. The van der Waals surface area contributed by atoms with E-state index in [0.29, 0.717) is 13.9 Å². The quantitative estimate of drug-likeness (QED) is 0.642. The molecule has 0 unspecified atom stereocenters. The van der Waals surface area contributed by atoms with E-state index >= 15 is 0 Å². The number of hydrogen-bond acceptors (Lipinski definition) is 4. The molecule has 0 aliphatic heterocycles. The lowest BCUT2D eigenvalue weighted by atomic mass is 10.3. The van der Waals surface area contributed by atoms with E-state index in [1.54, 1.807) is 30.5 Å². The van der Waals surface area contributed by atoms with Crippen molar-refractivity contribution < 1.29 is 5.11 Å². The Labute approximate surface area is 106 Å². The second-order valence-corrected chi connectivity index (χ2v) is 5.12. The zero-order valence-corrected chi connectivity index (χ0v) is 10.4. The van der Waals surface area contributed by atoms with Gasteiger partial charge in [0.2, 0.25) is 5.88 Å². The number of aromatic hydroxyl groups is 1. The monoisotopic (exact) mass is 270 g/mol. The number of hydrogen-bond donors (Lipinski definition) is 2. The number of rotatable bonds is 2. The number of thiazole rings is 1. The molecular weight excluding hydrogens is 264 g/mol. The van der Waals surface area contributed by atoms with Crippen molar-refractivity contribution in [3.63, 3.8) is 0 Å². The Balaban J connectivity index is 2.24. The Kier molecular flexibility index (Phi) is 3.38. The molecule has 0 amide bonds. The molecule has 0 fully saturated rings. The molecule has 1 heterocycles. The minimum absolute atomic E-state index is 0.0488. The lowest BCUT2D eigenvalue weighted by Crippen LogP contribution is -1.74. The first-order chi connectivity index (χ1) is 7.65. The molecular formula is C10H7ClN2OS2. The largest absolute Gasteiger partial charge is 0.494 e. The standard InChI is InChI=1S/C10H7ClN2OS2/c11-6-1-3-7(4-2-6)12-5-8-9(14)13-10(15)16-8/h1-5,14H,(H,13,15). The zero-order chi connectivity index (χ0) is 11.5. The maximum absolute atomic E-state index is 9.43. The normalized spacial score (nSPS) is 11.1. The van der Waals surface area contributed by atoms with Crippen molar-refractivity contribution in [1.82, 2.24) is 4.98 Å². The van der Waals surface area contributed by atoms with E-state index in [1.165, 1.54) is 11.3 Å². The second-order valence-electron chi connectivity index (χ2n) is 2.96. The number of halogens is 1. The third-order valence-corrected chi connectivity index (χ3v) is 3.22. The molecule has 0 atom stereocenters. The Morgan fingerprint density at radius 3 is 2.62 bits per heavy atom. The van der Waals surface area contributed by atoms with Gasteiger partial charge < -0.3 is 10.1 Å². The van der Waals surface area contributed by atoms with Crippen LogP contribution in [0, 0.1) is 3.95 Å². The minimum atomic E-state index is 0.0488. The maximum Gasteiger partial charge on any atom is 0.209 e. The molecule has 3 nitrogen and oxygen atoms in total. The van der Waals surface area contributed by atoms with Crippen LogP contribution < -0.4 is 0 Å². The van der Waals surface area contributed by atoms with Crippen LogP contribution in [0.25, 0.3) is 0 Å². The van der Waals surface area contributed by atoms with Crippen LogP contribution in [0.3, 0.4) is 0 Å². The number of benzene rings is 1. The summed E-state index contributed by atoms with van der Waals surface area (Å²) in [7, 11) is 0. The first-order valence-electron chi connectivity index (χ1n) is 4.37. The smallest absolute Gasteiger partial charge is 0.209 e. The van der Waals surface area contributed by atoms with Crippen molar-refractivity contribution >= 4 is 47.1 Å². The highest BCUT2D eigenvalue weighted by Gasteiger charge is 2.00. The van der Waals surface area contributed by atoms with Crippen LogP contribution in [0.1, 0.15) is 4.88 Å². The Hall–Kier alpha value is -1.17. The van der Waals surface area contributed by atoms with Gasteiger partial charge in [-0.1, -0.05) is 22.9 Å². The molecule has 2 N–H and O–H groups in total. The molecule has 0 saturated heterocycles. The molecule has 0 saturated carbocycles. The van der Waals surface area contributed by atoms with E-state index in [2.05, 4.69) is 9.98 Å². The Bertz CT molecular complexity index is 571. The van der Waals surface area contributed by atoms with Gasteiger partial charge in [0, 0.05) is 5.02 Å². The maximum atomic E-state index is 9.43. The van der Waals surface area contributed by atoms with E-state index in [9.17, 15) is 5.11 Å². The summed E-state index contributed by atoms with van der Waals surface area (Å²) in [6.07, 6.45) is 1.57. The average Bonchev–Trinajstić information content (AvgIpc) is 2.57. The molecule has 1 aromatic heterocycles. The molecule has 1 aromatic carbocycles. The van der Waals surface area contributed by atoms with Crippen molar-refractivity contribution in [1.29, 1.82) is 0 Å². The number of H-pyrrole nitrogens is 1. The van der Waals surface area contributed by atoms with Crippen LogP contribution in [0.15, 0.2) is 29.3 Å². The minimum Gasteiger partial charge on any atom is -0.494 e. The summed E-state index contributed by atoms with van der Waals surface area (Å²) in [6.45, 7) is 0. The topological polar surface area (TPSA) is 48.4 Å². The summed E-state index contributed by atoms with van der Waals surface area (Å²) in [4.78, 5) is 7.43. The van der Waals surface area contributed by atoms with Gasteiger partial charge in [0.25, 0.3) is 0 Å². The highest BCUT2D eigenvalue weighted by atomic mass is 35.5. The van der Waals surface area contributed by atoms with Crippen LogP contribution in [0.2, 0.25) is 5.02 Å². The Morgan fingerprint density at radius 2 is 2.06 bits per heavy atom. The Morgan fingerprint density at radius 1 is 1.38 bits per heavy atom. The fraction of sp³-hybridized carbons (Fsp3) is 0. The molecule has 2 rings (SSSR count). The lowest BCUT2D eigenvalue weighted by Gasteiger charge is -1.92. The van der Waals surface area contributed by atoms with E-state index in [-0.39, 0.29) is 5.88 Å². The first kappa shape index (κ1) is 11.3. The summed E-state index contributed by atoms with van der Waals surface area (Å²) < 4.78 is 0.523. The van der Waals surface area contributed by atoms with Crippen molar-refractivity contribution in [2.75, 3.05) is 0 Å². The van der Waals surface area contributed by atoms with Gasteiger partial charge in [-0.3, -0.25) is 4.99 Å². The zero-order valence-electron chi connectivity index (χ0n) is 7.98. The van der Waals surface area contributed by atoms with Crippen molar-refractivity contribution in [3.05, 3.63) is 38.1 Å². The summed E-state index contributed by atoms with van der Waals surface area (Å²) >= 11 is 11.9. The lowest BCUT2D eigenvalue weighted by molar-refractivity contribution is 0.456. The van der Waals surface area contributed by atoms with Crippen LogP contribution in [-0.2, 0) is 0 Å². The van der Waals surface area contributed by atoms with Gasteiger partial charge in [0.15, 0.2) is 3.95 Å². The van der Waals surface area contributed by atoms with Crippen LogP contribution >= 0.6 is 35.2 Å². The molecule has 2 aromatic rings. The van der Waals surface area contributed by atoms with Gasteiger partial charge in [-0.15, -0.1) is 0 Å². The van der Waals surface area contributed by atoms with E-state index in [4.69, 9.17) is 23.8 Å². The number of nitrogens with zero attached hydrogens (tertiary/aromatic N) is 1.